The average molecular weight is 416 g/mol. The van der Waals surface area contributed by atoms with Gasteiger partial charge >= 0.3 is 5.97 Å². The number of nitrogens with one attached hydrogen (secondary N) is 1. The molecule has 0 unspecified atom stereocenters. The third-order valence-corrected chi connectivity index (χ3v) is 4.35. The van der Waals surface area contributed by atoms with Gasteiger partial charge < -0.3 is 9.47 Å². The van der Waals surface area contributed by atoms with Crippen molar-refractivity contribution in [1.82, 2.24) is 5.43 Å². The van der Waals surface area contributed by atoms with Crippen LogP contribution < -0.4 is 14.9 Å². The molecule has 0 radical (unpaired) electrons. The molecule has 0 aliphatic heterocycles. The Kier molecular flexibility index (Phi) is 7.54. The minimum atomic E-state index is -0.450. The summed E-state index contributed by atoms with van der Waals surface area (Å²) in [5, 5.41) is 3.96. The van der Waals surface area contributed by atoms with E-state index in [0.29, 0.717) is 23.5 Å². The Balaban J connectivity index is 1.52. The molecule has 0 atom stereocenters. The van der Waals surface area contributed by atoms with Crippen molar-refractivity contribution < 1.29 is 19.1 Å². The van der Waals surface area contributed by atoms with E-state index in [2.05, 4.69) is 10.5 Å². The number of hydrazone groups is 1. The van der Waals surface area contributed by atoms with Crippen LogP contribution in [0.1, 0.15) is 45.2 Å². The lowest BCUT2D eigenvalue weighted by Gasteiger charge is -2.07. The molecule has 6 nitrogen and oxygen atoms in total. The third kappa shape index (κ3) is 6.54. The molecule has 3 aromatic carbocycles. The molecule has 158 valence electrons. The van der Waals surface area contributed by atoms with Gasteiger partial charge in [0.2, 0.25) is 0 Å². The second-order valence-corrected chi connectivity index (χ2v) is 6.90. The predicted octanol–water partition coefficient (Wildman–Crippen LogP) is 4.77. The van der Waals surface area contributed by atoms with E-state index in [9.17, 15) is 9.59 Å². The summed E-state index contributed by atoms with van der Waals surface area (Å²) in [6, 6.07) is 20.9. The summed E-state index contributed by atoms with van der Waals surface area (Å²) in [6.07, 6.45) is 2.44. The van der Waals surface area contributed by atoms with Crippen LogP contribution in [0.15, 0.2) is 77.9 Å². The lowest BCUT2D eigenvalue weighted by atomic mass is 10.1. The molecule has 1 N–H and O–H groups in total. The van der Waals surface area contributed by atoms with Crippen LogP contribution in [0, 0.1) is 6.92 Å². The van der Waals surface area contributed by atoms with E-state index in [1.165, 1.54) is 6.21 Å². The van der Waals surface area contributed by atoms with Crippen molar-refractivity contribution in [3.8, 4) is 11.5 Å². The first-order valence-electron chi connectivity index (χ1n) is 10.0. The number of benzene rings is 3. The number of hydrogen-bond acceptors (Lipinski definition) is 5. The van der Waals surface area contributed by atoms with E-state index in [1.807, 2.05) is 26.0 Å². The second-order valence-electron chi connectivity index (χ2n) is 6.90. The number of hydrogen-bond donors (Lipinski definition) is 1. The normalized spacial score (nSPS) is 10.6. The van der Waals surface area contributed by atoms with Gasteiger partial charge in [-0.3, -0.25) is 4.79 Å². The molecule has 0 heterocycles. The van der Waals surface area contributed by atoms with Crippen LogP contribution >= 0.6 is 0 Å². The van der Waals surface area contributed by atoms with Crippen molar-refractivity contribution in [2.24, 2.45) is 5.10 Å². The Morgan fingerprint density at radius 1 is 0.871 bits per heavy atom. The first-order chi connectivity index (χ1) is 15.0. The van der Waals surface area contributed by atoms with Crippen LogP contribution in [-0.2, 0) is 0 Å². The predicted molar refractivity (Wildman–Crippen MR) is 120 cm³/mol. The molecule has 0 fully saturated rings. The molecule has 3 aromatic rings. The van der Waals surface area contributed by atoms with Crippen LogP contribution in [0.4, 0.5) is 0 Å². The fourth-order valence-electron chi connectivity index (χ4n) is 2.63. The SMILES string of the molecule is CCCOc1ccc(C(=O)Oc2ccc(C=NNC(=O)c3ccc(C)cc3)cc2)cc1. The molecule has 0 spiro atoms. The highest BCUT2D eigenvalue weighted by Crippen LogP contribution is 2.16. The van der Waals surface area contributed by atoms with Crippen LogP contribution in [0.2, 0.25) is 0 Å². The molecule has 1 amide bonds. The van der Waals surface area contributed by atoms with Crippen LogP contribution in [0.5, 0.6) is 11.5 Å². The molecular weight excluding hydrogens is 392 g/mol. The summed E-state index contributed by atoms with van der Waals surface area (Å²) >= 11 is 0. The number of nitrogens with zero attached hydrogens (tertiary/aromatic N) is 1. The molecule has 0 aliphatic rings. The van der Waals surface area contributed by atoms with E-state index in [1.54, 1.807) is 60.7 Å². The number of aryl methyl sites for hydroxylation is 1. The molecule has 6 heteroatoms. The molecule has 0 aliphatic carbocycles. The highest BCUT2D eigenvalue weighted by Gasteiger charge is 2.09. The summed E-state index contributed by atoms with van der Waals surface area (Å²) in [5.74, 6) is 0.399. The monoisotopic (exact) mass is 416 g/mol. The lowest BCUT2D eigenvalue weighted by molar-refractivity contribution is 0.0734. The summed E-state index contributed by atoms with van der Waals surface area (Å²) in [7, 11) is 0. The van der Waals surface area contributed by atoms with Gasteiger partial charge in [-0.15, -0.1) is 0 Å². The Hall–Kier alpha value is -3.93. The molecule has 0 aromatic heterocycles. The zero-order valence-corrected chi connectivity index (χ0v) is 17.5. The molecular formula is C25H24N2O4. The Morgan fingerprint density at radius 3 is 2.13 bits per heavy atom. The van der Waals surface area contributed by atoms with Gasteiger partial charge in [-0.25, -0.2) is 10.2 Å². The maximum absolute atomic E-state index is 12.3. The van der Waals surface area contributed by atoms with Gasteiger partial charge in [-0.2, -0.15) is 5.10 Å². The maximum atomic E-state index is 12.3. The molecule has 0 bridgehead atoms. The zero-order chi connectivity index (χ0) is 22.1. The van der Waals surface area contributed by atoms with Gasteiger partial charge in [-0.1, -0.05) is 24.6 Å². The van der Waals surface area contributed by atoms with E-state index in [0.717, 1.165) is 23.3 Å². The summed E-state index contributed by atoms with van der Waals surface area (Å²) in [4.78, 5) is 24.3. The van der Waals surface area contributed by atoms with Crippen molar-refractivity contribution in [3.05, 3.63) is 95.1 Å². The minimum Gasteiger partial charge on any atom is -0.494 e. The Morgan fingerprint density at radius 2 is 1.48 bits per heavy atom. The molecule has 31 heavy (non-hydrogen) atoms. The summed E-state index contributed by atoms with van der Waals surface area (Å²) in [6.45, 7) is 4.62. The van der Waals surface area contributed by atoms with Gasteiger partial charge in [0.1, 0.15) is 11.5 Å². The number of carbonyl (C=O) groups is 2. The Labute approximate surface area is 181 Å². The highest BCUT2D eigenvalue weighted by molar-refractivity contribution is 5.95. The van der Waals surface area contributed by atoms with Crippen molar-refractivity contribution in [2.45, 2.75) is 20.3 Å². The number of ether oxygens (including phenoxy) is 2. The van der Waals surface area contributed by atoms with Crippen LogP contribution in [0.25, 0.3) is 0 Å². The van der Waals surface area contributed by atoms with Gasteiger partial charge in [0.15, 0.2) is 0 Å². The van der Waals surface area contributed by atoms with Crippen molar-refractivity contribution in [2.75, 3.05) is 6.61 Å². The average Bonchev–Trinajstić information content (AvgIpc) is 2.79. The van der Waals surface area contributed by atoms with Gasteiger partial charge in [0.25, 0.3) is 5.91 Å². The van der Waals surface area contributed by atoms with Crippen molar-refractivity contribution >= 4 is 18.1 Å². The van der Waals surface area contributed by atoms with Gasteiger partial charge in [0.05, 0.1) is 18.4 Å². The lowest BCUT2D eigenvalue weighted by Crippen LogP contribution is -2.17. The molecule has 3 rings (SSSR count). The van der Waals surface area contributed by atoms with Crippen LogP contribution in [0.3, 0.4) is 0 Å². The first kappa shape index (κ1) is 21.8. The topological polar surface area (TPSA) is 77.0 Å². The zero-order valence-electron chi connectivity index (χ0n) is 17.5. The van der Waals surface area contributed by atoms with Crippen LogP contribution in [-0.4, -0.2) is 24.7 Å². The quantitative estimate of drug-likeness (QED) is 0.248. The third-order valence-electron chi connectivity index (χ3n) is 4.35. The number of amides is 1. The van der Waals surface area contributed by atoms with E-state index < -0.39 is 5.97 Å². The van der Waals surface area contributed by atoms with Gasteiger partial charge in [0, 0.05) is 5.56 Å². The van der Waals surface area contributed by atoms with E-state index >= 15 is 0 Å². The molecule has 0 saturated carbocycles. The van der Waals surface area contributed by atoms with Gasteiger partial charge in [-0.05, 0) is 79.6 Å². The number of rotatable bonds is 8. The fraction of sp³-hybridized carbons (Fsp3) is 0.160. The number of esters is 1. The second kappa shape index (κ2) is 10.7. The standard InChI is InChI=1S/C25H24N2O4/c1-3-16-30-22-14-10-21(11-15-22)25(29)31-23-12-6-19(7-13-23)17-26-27-24(28)20-8-4-18(2)5-9-20/h4-15,17H,3,16H2,1-2H3,(H,27,28). The summed E-state index contributed by atoms with van der Waals surface area (Å²) < 4.78 is 10.9. The fourth-order valence-corrected chi connectivity index (χ4v) is 2.63. The van der Waals surface area contributed by atoms with Crippen molar-refractivity contribution in [3.63, 3.8) is 0 Å². The maximum Gasteiger partial charge on any atom is 0.343 e. The largest absolute Gasteiger partial charge is 0.494 e. The minimum absolute atomic E-state index is 0.284. The highest BCUT2D eigenvalue weighted by atomic mass is 16.5. The Bertz CT molecular complexity index is 1040. The van der Waals surface area contributed by atoms with Crippen molar-refractivity contribution in [1.29, 1.82) is 0 Å². The van der Waals surface area contributed by atoms with E-state index in [-0.39, 0.29) is 5.91 Å². The first-order valence-corrected chi connectivity index (χ1v) is 10.0. The summed E-state index contributed by atoms with van der Waals surface area (Å²) in [5.41, 5.74) is 5.30. The number of carbonyl (C=O) groups excluding carboxylic acids is 2. The van der Waals surface area contributed by atoms with E-state index in [4.69, 9.17) is 9.47 Å². The smallest absolute Gasteiger partial charge is 0.343 e. The molecule has 0 saturated heterocycles.